The number of hydrogen-bond acceptors (Lipinski definition) is 2. The smallest absolute Gasteiger partial charge is 0.261 e. The van der Waals surface area contributed by atoms with E-state index in [9.17, 15) is 4.79 Å². The number of pyridine rings is 1. The molecule has 0 N–H and O–H groups in total. The maximum absolute atomic E-state index is 12.7. The summed E-state index contributed by atoms with van der Waals surface area (Å²) in [5.74, 6) is 0. The van der Waals surface area contributed by atoms with Crippen molar-refractivity contribution in [3.8, 4) is 0 Å². The maximum Gasteiger partial charge on any atom is 0.261 e. The average Bonchev–Trinajstić information content (AvgIpc) is 2.92. The fraction of sp³-hybridized carbons (Fsp3) is 0.111. The number of benzene rings is 1. The summed E-state index contributed by atoms with van der Waals surface area (Å²) in [4.78, 5) is 17.4. The van der Waals surface area contributed by atoms with Crippen molar-refractivity contribution < 1.29 is 0 Å². The Bertz CT molecular complexity index is 1020. The molecule has 0 spiro atoms. The molecule has 3 nitrogen and oxygen atoms in total. The van der Waals surface area contributed by atoms with Crippen molar-refractivity contribution in [3.63, 3.8) is 0 Å². The zero-order chi connectivity index (χ0) is 16.0. The van der Waals surface area contributed by atoms with Crippen LogP contribution >= 0.6 is 27.5 Å². The monoisotopic (exact) mass is 386 g/mol. The predicted molar refractivity (Wildman–Crippen MR) is 96.8 cm³/mol. The Balaban J connectivity index is 1.90. The van der Waals surface area contributed by atoms with Crippen molar-refractivity contribution in [1.82, 2.24) is 9.38 Å². The first kappa shape index (κ1) is 14.7. The molecular formula is C18H12BrClN2O. The summed E-state index contributed by atoms with van der Waals surface area (Å²) in [6, 6.07) is 11.4. The van der Waals surface area contributed by atoms with Gasteiger partial charge in [0.2, 0.25) is 0 Å². The van der Waals surface area contributed by atoms with Gasteiger partial charge >= 0.3 is 0 Å². The highest BCUT2D eigenvalue weighted by atomic mass is 79.9. The lowest BCUT2D eigenvalue weighted by Gasteiger charge is -2.06. The lowest BCUT2D eigenvalue weighted by Crippen LogP contribution is -2.19. The molecular weight excluding hydrogens is 376 g/mol. The molecule has 0 radical (unpaired) electrons. The predicted octanol–water partition coefficient (Wildman–Crippen LogP) is 4.60. The van der Waals surface area contributed by atoms with Crippen molar-refractivity contribution in [2.75, 3.05) is 0 Å². The fourth-order valence-corrected chi connectivity index (χ4v) is 3.49. The molecule has 1 aromatic carbocycles. The Kier molecular flexibility index (Phi) is 3.58. The molecule has 0 atom stereocenters. The fourth-order valence-electron chi connectivity index (χ4n) is 2.96. The van der Waals surface area contributed by atoms with Crippen LogP contribution in [0.5, 0.6) is 0 Å². The van der Waals surface area contributed by atoms with Crippen LogP contribution in [0.3, 0.4) is 0 Å². The zero-order valence-electron chi connectivity index (χ0n) is 12.1. The van der Waals surface area contributed by atoms with Gasteiger partial charge in [-0.1, -0.05) is 23.7 Å². The van der Waals surface area contributed by atoms with Gasteiger partial charge in [-0.05, 0) is 70.2 Å². The molecule has 5 heteroatoms. The second-order valence-corrected chi connectivity index (χ2v) is 6.90. The van der Waals surface area contributed by atoms with E-state index in [0.717, 1.165) is 39.7 Å². The van der Waals surface area contributed by atoms with E-state index in [4.69, 9.17) is 16.6 Å². The number of rotatable bonds is 1. The Morgan fingerprint density at radius 1 is 1.22 bits per heavy atom. The molecule has 2 heterocycles. The minimum absolute atomic E-state index is 0.0146. The van der Waals surface area contributed by atoms with Crippen LogP contribution in [0.1, 0.15) is 23.2 Å². The number of fused-ring (bicyclic) bond motifs is 2. The third-order valence-corrected chi connectivity index (χ3v) is 4.72. The van der Waals surface area contributed by atoms with E-state index >= 15 is 0 Å². The molecule has 0 bridgehead atoms. The average molecular weight is 388 g/mol. The van der Waals surface area contributed by atoms with E-state index in [0.29, 0.717) is 10.7 Å². The number of halogens is 2. The molecule has 0 unspecified atom stereocenters. The second-order valence-electron chi connectivity index (χ2n) is 5.54. The van der Waals surface area contributed by atoms with Crippen molar-refractivity contribution >= 4 is 44.8 Å². The standard InChI is InChI=1S/C18H12BrClN2O/c19-13-5-7-16-21-17-12(8-11-2-1-3-14(20)9-11)4-6-15(17)18(23)22(16)10-13/h1-3,5,7-10H,4,6H2/b12-8-. The third-order valence-electron chi connectivity index (χ3n) is 4.02. The molecule has 0 saturated carbocycles. The number of nitrogens with zero attached hydrogens (tertiary/aromatic N) is 2. The van der Waals surface area contributed by atoms with Gasteiger partial charge in [-0.2, -0.15) is 0 Å². The minimum Gasteiger partial charge on any atom is -0.269 e. The maximum atomic E-state index is 12.7. The van der Waals surface area contributed by atoms with E-state index in [1.165, 1.54) is 0 Å². The van der Waals surface area contributed by atoms with Crippen LogP contribution in [0, 0.1) is 0 Å². The van der Waals surface area contributed by atoms with E-state index in [1.807, 2.05) is 36.4 Å². The molecule has 0 aliphatic heterocycles. The molecule has 0 amide bonds. The summed E-state index contributed by atoms with van der Waals surface area (Å²) < 4.78 is 2.46. The Morgan fingerprint density at radius 2 is 2.09 bits per heavy atom. The van der Waals surface area contributed by atoms with Crippen LogP contribution in [0.25, 0.3) is 17.3 Å². The van der Waals surface area contributed by atoms with Gasteiger partial charge in [0.05, 0.1) is 5.69 Å². The van der Waals surface area contributed by atoms with Crippen LogP contribution in [0.15, 0.2) is 51.9 Å². The summed E-state index contributed by atoms with van der Waals surface area (Å²) in [7, 11) is 0. The van der Waals surface area contributed by atoms with E-state index in [-0.39, 0.29) is 5.56 Å². The highest BCUT2D eigenvalue weighted by molar-refractivity contribution is 9.10. The second kappa shape index (κ2) is 5.62. The van der Waals surface area contributed by atoms with E-state index in [2.05, 4.69) is 22.0 Å². The molecule has 114 valence electrons. The van der Waals surface area contributed by atoms with E-state index < -0.39 is 0 Å². The zero-order valence-corrected chi connectivity index (χ0v) is 14.4. The van der Waals surface area contributed by atoms with Gasteiger partial charge in [0.15, 0.2) is 0 Å². The Hall–Kier alpha value is -1.91. The molecule has 3 aromatic rings. The molecule has 23 heavy (non-hydrogen) atoms. The first-order valence-corrected chi connectivity index (χ1v) is 8.46. The van der Waals surface area contributed by atoms with Crippen molar-refractivity contribution in [2.45, 2.75) is 12.8 Å². The summed E-state index contributed by atoms with van der Waals surface area (Å²) in [6.45, 7) is 0. The van der Waals surface area contributed by atoms with Crippen LogP contribution in [0.2, 0.25) is 5.02 Å². The van der Waals surface area contributed by atoms with Crippen molar-refractivity contribution in [3.05, 3.63) is 79.3 Å². The summed E-state index contributed by atoms with van der Waals surface area (Å²) in [5.41, 5.74) is 4.39. The quantitative estimate of drug-likeness (QED) is 0.612. The molecule has 0 fully saturated rings. The van der Waals surface area contributed by atoms with Crippen LogP contribution < -0.4 is 5.56 Å². The van der Waals surface area contributed by atoms with Gasteiger partial charge in [0, 0.05) is 21.3 Å². The highest BCUT2D eigenvalue weighted by Gasteiger charge is 2.22. The number of allylic oxidation sites excluding steroid dienone is 1. The Morgan fingerprint density at radius 3 is 2.91 bits per heavy atom. The number of aromatic nitrogens is 2. The van der Waals surface area contributed by atoms with Crippen LogP contribution in [0.4, 0.5) is 0 Å². The lowest BCUT2D eigenvalue weighted by atomic mass is 10.1. The third kappa shape index (κ3) is 2.62. The SMILES string of the molecule is O=c1c2c(nc3ccc(Br)cn13)/C(=C\c1cccc(Cl)c1)CC2. The molecule has 0 saturated heterocycles. The highest BCUT2D eigenvalue weighted by Crippen LogP contribution is 2.31. The van der Waals surface area contributed by atoms with Gasteiger partial charge in [-0.25, -0.2) is 4.98 Å². The van der Waals surface area contributed by atoms with Gasteiger partial charge in [0.1, 0.15) is 5.65 Å². The number of hydrogen-bond donors (Lipinski definition) is 0. The Labute approximate surface area is 146 Å². The van der Waals surface area contributed by atoms with Gasteiger partial charge in [-0.3, -0.25) is 9.20 Å². The summed E-state index contributed by atoms with van der Waals surface area (Å²) in [5, 5.41) is 0.703. The normalized spacial score (nSPS) is 15.3. The van der Waals surface area contributed by atoms with Crippen molar-refractivity contribution in [2.24, 2.45) is 0 Å². The largest absolute Gasteiger partial charge is 0.269 e. The van der Waals surface area contributed by atoms with Gasteiger partial charge in [-0.15, -0.1) is 0 Å². The van der Waals surface area contributed by atoms with Crippen LogP contribution in [-0.4, -0.2) is 9.38 Å². The molecule has 1 aliphatic rings. The minimum atomic E-state index is 0.0146. The molecule has 1 aliphatic carbocycles. The first-order chi connectivity index (χ1) is 11.1. The lowest BCUT2D eigenvalue weighted by molar-refractivity contribution is 0.968. The van der Waals surface area contributed by atoms with Gasteiger partial charge in [0.25, 0.3) is 5.56 Å². The molecule has 2 aromatic heterocycles. The van der Waals surface area contributed by atoms with E-state index in [1.54, 1.807) is 10.6 Å². The first-order valence-electron chi connectivity index (χ1n) is 7.29. The van der Waals surface area contributed by atoms with Crippen molar-refractivity contribution in [1.29, 1.82) is 0 Å². The van der Waals surface area contributed by atoms with Gasteiger partial charge < -0.3 is 0 Å². The topological polar surface area (TPSA) is 34.4 Å². The summed E-state index contributed by atoms with van der Waals surface area (Å²) >= 11 is 9.44. The summed E-state index contributed by atoms with van der Waals surface area (Å²) in [6.07, 6.45) is 5.38. The van der Waals surface area contributed by atoms with Crippen LogP contribution in [-0.2, 0) is 6.42 Å². The molecule has 4 rings (SSSR count).